The number of piperidine rings is 1. The predicted molar refractivity (Wildman–Crippen MR) is 200 cm³/mol. The zero-order valence-electron chi connectivity index (χ0n) is 26.8. The molecule has 49 heavy (non-hydrogen) atoms. The number of rotatable bonds is 8. The number of aromatic nitrogens is 1. The molecule has 0 spiro atoms. The number of nitrogens with zero attached hydrogens (tertiary/aromatic N) is 4. The summed E-state index contributed by atoms with van der Waals surface area (Å²) >= 11 is 14.8. The minimum atomic E-state index is -1.30. The first-order valence-electron chi connectivity index (χ1n) is 15.8. The lowest BCUT2D eigenvalue weighted by molar-refractivity contribution is -0.136. The molecule has 0 aliphatic carbocycles. The Bertz CT molecular complexity index is 2020. The van der Waals surface area contributed by atoms with Crippen molar-refractivity contribution in [2.75, 3.05) is 45.3 Å². The van der Waals surface area contributed by atoms with Gasteiger partial charge in [-0.3, -0.25) is 34.0 Å². The van der Waals surface area contributed by atoms with E-state index in [1.807, 2.05) is 35.7 Å². The van der Waals surface area contributed by atoms with Crippen LogP contribution >= 0.6 is 49.2 Å². The van der Waals surface area contributed by atoms with Crippen molar-refractivity contribution in [3.05, 3.63) is 75.0 Å². The Morgan fingerprint density at radius 2 is 1.65 bits per heavy atom. The number of hydrogen-bond acceptors (Lipinski definition) is 12. The molecule has 1 N–H and O–H groups in total. The number of thiophene rings is 1. The minimum absolute atomic E-state index is 0.174. The molecule has 0 radical (unpaired) electrons. The van der Waals surface area contributed by atoms with Crippen molar-refractivity contribution in [1.82, 2.24) is 19.7 Å². The lowest BCUT2D eigenvalue weighted by Gasteiger charge is -2.36. The van der Waals surface area contributed by atoms with Crippen LogP contribution in [0, 0.1) is 0 Å². The molecule has 0 bridgehead atoms. The van der Waals surface area contributed by atoms with Gasteiger partial charge in [0.25, 0.3) is 11.5 Å². The number of pyridine rings is 1. The van der Waals surface area contributed by atoms with Crippen LogP contribution in [-0.2, 0) is 26.2 Å². The van der Waals surface area contributed by atoms with Crippen molar-refractivity contribution < 1.29 is 23.9 Å². The molecule has 3 aliphatic heterocycles. The molecule has 256 valence electrons. The summed E-state index contributed by atoms with van der Waals surface area (Å²) in [4.78, 5) is 56.7. The summed E-state index contributed by atoms with van der Waals surface area (Å²) in [7, 11) is 3.27. The number of carbonyl (C=O) groups is 3. The van der Waals surface area contributed by atoms with Crippen molar-refractivity contribution in [3.63, 3.8) is 0 Å². The third-order valence-corrected chi connectivity index (χ3v) is 11.1. The van der Waals surface area contributed by atoms with Gasteiger partial charge < -0.3 is 19.3 Å². The number of hydrogen-bond donors (Lipinski definition) is 4. The number of benzene rings is 2. The SMILES string of the molecule is COc1cc(-c2cn(C(S)(S)S)c(=O)c3ccsc23)cc(OC)c1CN1CCN(c2ccc3c(c2)C(=O)N(C2CCC(=O)NC2=O)C3)CC1. The molecule has 2 aromatic heterocycles. The first-order chi connectivity index (χ1) is 23.5. The fraction of sp³-hybridized carbons (Fsp3) is 0.353. The highest BCUT2D eigenvalue weighted by Crippen LogP contribution is 2.41. The molecule has 2 saturated heterocycles. The predicted octanol–water partition coefficient (Wildman–Crippen LogP) is 4.19. The van der Waals surface area contributed by atoms with Gasteiger partial charge in [-0.05, 0) is 53.3 Å². The van der Waals surface area contributed by atoms with Crippen molar-refractivity contribution in [3.8, 4) is 22.6 Å². The van der Waals surface area contributed by atoms with Gasteiger partial charge in [-0.1, -0.05) is 6.07 Å². The zero-order valence-corrected chi connectivity index (χ0v) is 30.3. The topological polar surface area (TPSA) is 113 Å². The maximum absolute atomic E-state index is 13.4. The largest absolute Gasteiger partial charge is 0.496 e. The number of anilines is 1. The molecule has 0 saturated carbocycles. The van der Waals surface area contributed by atoms with Crippen LogP contribution in [0.5, 0.6) is 11.5 Å². The van der Waals surface area contributed by atoms with Crippen LogP contribution in [0.3, 0.4) is 0 Å². The second-order valence-corrected chi connectivity index (χ2v) is 16.3. The molecule has 2 aromatic carbocycles. The van der Waals surface area contributed by atoms with Gasteiger partial charge in [0.15, 0.2) is 3.54 Å². The molecule has 5 heterocycles. The molecule has 3 amide bonds. The van der Waals surface area contributed by atoms with E-state index < -0.39 is 15.5 Å². The van der Waals surface area contributed by atoms with Gasteiger partial charge in [0.2, 0.25) is 11.8 Å². The van der Waals surface area contributed by atoms with Crippen LogP contribution in [0.4, 0.5) is 5.69 Å². The van der Waals surface area contributed by atoms with E-state index in [0.717, 1.165) is 58.8 Å². The fourth-order valence-corrected chi connectivity index (χ4v) is 8.28. The molecule has 4 aromatic rings. The first kappa shape index (κ1) is 33.8. The Morgan fingerprint density at radius 1 is 0.939 bits per heavy atom. The van der Waals surface area contributed by atoms with Crippen LogP contribution < -0.4 is 25.2 Å². The van der Waals surface area contributed by atoms with E-state index in [1.54, 1.807) is 31.4 Å². The van der Waals surface area contributed by atoms with Crippen molar-refractivity contribution in [2.24, 2.45) is 0 Å². The highest BCUT2D eigenvalue weighted by molar-refractivity contribution is 8.15. The number of nitrogens with one attached hydrogen (secondary N) is 1. The van der Waals surface area contributed by atoms with Crippen LogP contribution in [-0.4, -0.2) is 78.5 Å². The second-order valence-electron chi connectivity index (χ2n) is 12.3. The Kier molecular flexibility index (Phi) is 9.15. The van der Waals surface area contributed by atoms with Crippen LogP contribution in [0.15, 0.2) is 52.8 Å². The smallest absolute Gasteiger partial charge is 0.261 e. The summed E-state index contributed by atoms with van der Waals surface area (Å²) in [6.45, 7) is 4.02. The van der Waals surface area contributed by atoms with Crippen LogP contribution in [0.2, 0.25) is 0 Å². The molecule has 11 nitrogen and oxygen atoms in total. The Balaban J connectivity index is 1.08. The Morgan fingerprint density at radius 3 is 2.31 bits per heavy atom. The van der Waals surface area contributed by atoms with Gasteiger partial charge in [-0.2, -0.15) is 0 Å². The van der Waals surface area contributed by atoms with Gasteiger partial charge in [0.1, 0.15) is 17.5 Å². The first-order valence-corrected chi connectivity index (χ1v) is 18.0. The van der Waals surface area contributed by atoms with Gasteiger partial charge in [0, 0.05) is 73.4 Å². The van der Waals surface area contributed by atoms with E-state index in [-0.39, 0.29) is 23.8 Å². The quantitative estimate of drug-likeness (QED) is 0.121. The third kappa shape index (κ3) is 6.31. The number of methoxy groups -OCH3 is 2. The summed E-state index contributed by atoms with van der Waals surface area (Å²) in [5, 5.41) is 4.80. The average Bonchev–Trinajstić information content (AvgIpc) is 3.70. The fourth-order valence-electron chi connectivity index (χ4n) is 6.91. The van der Waals surface area contributed by atoms with Crippen molar-refractivity contribution in [1.29, 1.82) is 0 Å². The van der Waals surface area contributed by atoms with E-state index in [9.17, 15) is 19.2 Å². The van der Waals surface area contributed by atoms with Gasteiger partial charge in [-0.15, -0.1) is 49.2 Å². The van der Waals surface area contributed by atoms with Crippen LogP contribution in [0.25, 0.3) is 21.2 Å². The summed E-state index contributed by atoms with van der Waals surface area (Å²) in [5.74, 6) is 0.465. The Labute approximate surface area is 303 Å². The molecule has 1 unspecified atom stereocenters. The normalized spacial score (nSPS) is 18.6. The van der Waals surface area contributed by atoms with Crippen LogP contribution in [0.1, 0.15) is 34.3 Å². The van der Waals surface area contributed by atoms with E-state index in [1.165, 1.54) is 15.9 Å². The monoisotopic (exact) mass is 737 g/mol. The number of fused-ring (bicyclic) bond motifs is 2. The number of amides is 3. The molecule has 3 aliphatic rings. The molecule has 7 rings (SSSR count). The van der Waals surface area contributed by atoms with Gasteiger partial charge >= 0.3 is 0 Å². The number of thiol groups is 3. The summed E-state index contributed by atoms with van der Waals surface area (Å²) < 4.78 is 12.7. The third-order valence-electron chi connectivity index (χ3n) is 9.49. The highest BCUT2D eigenvalue weighted by atomic mass is 32.2. The molecule has 2 fully saturated rings. The highest BCUT2D eigenvalue weighted by Gasteiger charge is 2.39. The average molecular weight is 738 g/mol. The molecular weight excluding hydrogens is 703 g/mol. The Hall–Kier alpha value is -3.63. The number of ether oxygens (including phenoxy) is 2. The minimum Gasteiger partial charge on any atom is -0.496 e. The summed E-state index contributed by atoms with van der Waals surface area (Å²) in [6, 6.07) is 11.0. The van der Waals surface area contributed by atoms with E-state index in [0.29, 0.717) is 42.0 Å². The van der Waals surface area contributed by atoms with E-state index >= 15 is 0 Å². The van der Waals surface area contributed by atoms with E-state index in [4.69, 9.17) is 9.47 Å². The maximum atomic E-state index is 13.4. The molecular formula is C34H35N5O6S4. The lowest BCUT2D eigenvalue weighted by Crippen LogP contribution is -2.52. The number of imide groups is 1. The number of carbonyl (C=O) groups excluding carboxylic acids is 3. The van der Waals surface area contributed by atoms with Gasteiger partial charge in [-0.25, -0.2) is 0 Å². The molecule has 15 heteroatoms. The second kappa shape index (κ2) is 13.2. The van der Waals surface area contributed by atoms with E-state index in [2.05, 4.69) is 53.0 Å². The summed E-state index contributed by atoms with van der Waals surface area (Å²) in [6.07, 6.45) is 2.29. The standard InChI is InChI=1S/C34H35N5O6S4/c1-44-27-13-20(24-18-39(34(46,47)48)33(43)22-7-12-49-30(22)24)14-28(45-2)25(27)17-36-8-10-37(11-9-36)21-4-3-19-16-38(32(42)23(19)15-21)26-5-6-29(40)35-31(26)41/h3-4,7,12-15,18,26,46-48H,5-6,8-11,16-17H2,1-2H3,(H,35,40,41). The molecule has 1 atom stereocenters. The summed E-state index contributed by atoms with van der Waals surface area (Å²) in [5.41, 5.74) is 4.79. The van der Waals surface area contributed by atoms with Crippen molar-refractivity contribution in [2.45, 2.75) is 35.5 Å². The van der Waals surface area contributed by atoms with Gasteiger partial charge in [0.05, 0.1) is 25.2 Å². The maximum Gasteiger partial charge on any atom is 0.261 e. The lowest BCUT2D eigenvalue weighted by atomic mass is 10.0. The zero-order chi connectivity index (χ0) is 34.6. The van der Waals surface area contributed by atoms with Crippen molar-refractivity contribution >= 4 is 82.7 Å². The number of piperazine rings is 1.